The van der Waals surface area contributed by atoms with Crippen LogP contribution in [0.15, 0.2) is 30.5 Å². The van der Waals surface area contributed by atoms with Crippen LogP contribution >= 0.6 is 0 Å². The first-order valence-corrected chi connectivity index (χ1v) is 7.11. The molecule has 0 unspecified atom stereocenters. The summed E-state index contributed by atoms with van der Waals surface area (Å²) in [5.74, 6) is 0.375. The van der Waals surface area contributed by atoms with E-state index in [1.54, 1.807) is 25.4 Å². The second kappa shape index (κ2) is 7.70. The van der Waals surface area contributed by atoms with Gasteiger partial charge >= 0.3 is 0 Å². The van der Waals surface area contributed by atoms with E-state index < -0.39 is 0 Å². The molecule has 0 saturated carbocycles. The maximum absolute atomic E-state index is 13.1. The molecule has 1 N–H and O–H groups in total. The lowest BCUT2D eigenvalue weighted by molar-refractivity contribution is -0.120. The van der Waals surface area contributed by atoms with E-state index in [9.17, 15) is 9.18 Å². The first kappa shape index (κ1) is 16.2. The summed E-state index contributed by atoms with van der Waals surface area (Å²) in [6, 6.07) is 6.07. The molecule has 0 aliphatic carbocycles. The van der Waals surface area contributed by atoms with Gasteiger partial charge in [0, 0.05) is 32.1 Å². The Morgan fingerprint density at radius 2 is 2.27 bits per heavy atom. The number of amides is 1. The number of rotatable bonds is 7. The second-order valence-corrected chi connectivity index (χ2v) is 5.06. The zero-order valence-corrected chi connectivity index (χ0v) is 12.8. The molecule has 0 aliphatic heterocycles. The largest absolute Gasteiger partial charge is 0.377 e. The van der Waals surface area contributed by atoms with Gasteiger partial charge in [-0.1, -0.05) is 12.1 Å². The lowest BCUT2D eigenvalue weighted by atomic mass is 10.1. The van der Waals surface area contributed by atoms with Gasteiger partial charge < -0.3 is 14.6 Å². The number of nitrogens with zero attached hydrogens (tertiary/aromatic N) is 2. The third-order valence-corrected chi connectivity index (χ3v) is 3.32. The molecule has 1 amide bonds. The summed E-state index contributed by atoms with van der Waals surface area (Å²) in [7, 11) is 1.62. The number of ether oxygens (including phenoxy) is 1. The highest BCUT2D eigenvalue weighted by Gasteiger charge is 2.08. The van der Waals surface area contributed by atoms with Crippen LogP contribution in [0, 0.1) is 12.7 Å². The highest BCUT2D eigenvalue weighted by molar-refractivity contribution is 5.78. The van der Waals surface area contributed by atoms with Crippen molar-refractivity contribution in [3.05, 3.63) is 53.4 Å². The van der Waals surface area contributed by atoms with E-state index in [1.165, 1.54) is 12.1 Å². The minimum absolute atomic E-state index is 0.128. The number of aromatic nitrogens is 2. The van der Waals surface area contributed by atoms with Crippen LogP contribution in [0.4, 0.5) is 4.39 Å². The molecular weight excluding hydrogens is 285 g/mol. The summed E-state index contributed by atoms with van der Waals surface area (Å²) < 4.78 is 20.2. The Hall–Kier alpha value is -2.21. The van der Waals surface area contributed by atoms with Gasteiger partial charge in [0.1, 0.15) is 18.2 Å². The van der Waals surface area contributed by atoms with Gasteiger partial charge in [-0.3, -0.25) is 4.79 Å². The van der Waals surface area contributed by atoms with E-state index in [0.29, 0.717) is 25.3 Å². The highest BCUT2D eigenvalue weighted by Crippen LogP contribution is 2.06. The van der Waals surface area contributed by atoms with Crippen molar-refractivity contribution in [2.24, 2.45) is 0 Å². The normalized spacial score (nSPS) is 10.7. The smallest absolute Gasteiger partial charge is 0.224 e. The molecule has 0 spiro atoms. The van der Waals surface area contributed by atoms with E-state index in [-0.39, 0.29) is 18.1 Å². The van der Waals surface area contributed by atoms with Crippen LogP contribution in [-0.4, -0.2) is 29.1 Å². The standard InChI is InChI=1S/C16H20FN3O2/c1-12-10-19-15(11-22-2)20(12)7-6-18-16(21)9-13-4-3-5-14(17)8-13/h3-5,8,10H,6-7,9,11H2,1-2H3,(H,18,21). The molecule has 0 bridgehead atoms. The SMILES string of the molecule is COCc1ncc(C)n1CCNC(=O)Cc1cccc(F)c1. The lowest BCUT2D eigenvalue weighted by Crippen LogP contribution is -2.29. The summed E-state index contributed by atoms with van der Waals surface area (Å²) in [6.45, 7) is 3.51. The number of methoxy groups -OCH3 is 1. The Labute approximate surface area is 129 Å². The van der Waals surface area contributed by atoms with Crippen molar-refractivity contribution in [2.75, 3.05) is 13.7 Å². The first-order chi connectivity index (χ1) is 10.6. The number of imidazole rings is 1. The third kappa shape index (κ3) is 4.39. The molecule has 22 heavy (non-hydrogen) atoms. The zero-order chi connectivity index (χ0) is 15.9. The number of halogens is 1. The van der Waals surface area contributed by atoms with Crippen LogP contribution in [0.3, 0.4) is 0 Å². The minimum Gasteiger partial charge on any atom is -0.377 e. The van der Waals surface area contributed by atoms with Gasteiger partial charge in [0.05, 0.1) is 6.42 Å². The number of hydrogen-bond donors (Lipinski definition) is 1. The Morgan fingerprint density at radius 3 is 3.00 bits per heavy atom. The van der Waals surface area contributed by atoms with Gasteiger partial charge in [-0.05, 0) is 24.6 Å². The summed E-state index contributed by atoms with van der Waals surface area (Å²) in [4.78, 5) is 16.1. The fraction of sp³-hybridized carbons (Fsp3) is 0.375. The molecular formula is C16H20FN3O2. The average Bonchev–Trinajstić information content (AvgIpc) is 2.81. The van der Waals surface area contributed by atoms with Crippen molar-refractivity contribution in [3.63, 3.8) is 0 Å². The second-order valence-electron chi connectivity index (χ2n) is 5.06. The molecule has 5 nitrogen and oxygen atoms in total. The minimum atomic E-state index is -0.330. The van der Waals surface area contributed by atoms with E-state index in [4.69, 9.17) is 4.74 Å². The highest BCUT2D eigenvalue weighted by atomic mass is 19.1. The molecule has 0 radical (unpaired) electrons. The van der Waals surface area contributed by atoms with Crippen molar-refractivity contribution in [1.82, 2.24) is 14.9 Å². The van der Waals surface area contributed by atoms with Crippen molar-refractivity contribution >= 4 is 5.91 Å². The number of benzene rings is 1. The van der Waals surface area contributed by atoms with Gasteiger partial charge in [0.25, 0.3) is 0 Å². The van der Waals surface area contributed by atoms with E-state index in [2.05, 4.69) is 10.3 Å². The maximum Gasteiger partial charge on any atom is 0.224 e. The van der Waals surface area contributed by atoms with Crippen LogP contribution in [0.2, 0.25) is 0 Å². The molecule has 1 aromatic carbocycles. The zero-order valence-electron chi connectivity index (χ0n) is 12.8. The predicted octanol–water partition coefficient (Wildman–Crippen LogP) is 1.84. The van der Waals surface area contributed by atoms with E-state index >= 15 is 0 Å². The van der Waals surface area contributed by atoms with Crippen LogP contribution in [0.5, 0.6) is 0 Å². The molecule has 0 saturated heterocycles. The predicted molar refractivity (Wildman–Crippen MR) is 80.8 cm³/mol. The van der Waals surface area contributed by atoms with Gasteiger partial charge in [-0.2, -0.15) is 0 Å². The maximum atomic E-state index is 13.1. The molecule has 6 heteroatoms. The Balaban J connectivity index is 1.83. The molecule has 2 rings (SSSR count). The van der Waals surface area contributed by atoms with E-state index in [1.807, 2.05) is 11.5 Å². The Morgan fingerprint density at radius 1 is 1.45 bits per heavy atom. The molecule has 2 aromatic rings. The van der Waals surface area contributed by atoms with Gasteiger partial charge in [0.2, 0.25) is 5.91 Å². The number of aryl methyl sites for hydroxylation is 1. The van der Waals surface area contributed by atoms with E-state index in [0.717, 1.165) is 11.5 Å². The average molecular weight is 305 g/mol. The van der Waals surface area contributed by atoms with Crippen molar-refractivity contribution in [2.45, 2.75) is 26.5 Å². The lowest BCUT2D eigenvalue weighted by Gasteiger charge is -2.11. The number of carbonyl (C=O) groups excluding carboxylic acids is 1. The number of nitrogens with one attached hydrogen (secondary N) is 1. The Bertz CT molecular complexity index is 640. The van der Waals surface area contributed by atoms with Crippen LogP contribution in [-0.2, 0) is 29.1 Å². The number of carbonyl (C=O) groups is 1. The Kier molecular flexibility index (Phi) is 5.66. The van der Waals surface area contributed by atoms with Gasteiger partial charge in [0.15, 0.2) is 0 Å². The summed E-state index contributed by atoms with van der Waals surface area (Å²) >= 11 is 0. The fourth-order valence-corrected chi connectivity index (χ4v) is 2.26. The molecule has 118 valence electrons. The third-order valence-electron chi connectivity index (χ3n) is 3.32. The monoisotopic (exact) mass is 305 g/mol. The summed E-state index contributed by atoms with van der Waals surface area (Å²) in [5, 5.41) is 2.83. The molecule has 0 aliphatic rings. The van der Waals surface area contributed by atoms with Crippen molar-refractivity contribution in [3.8, 4) is 0 Å². The topological polar surface area (TPSA) is 56.1 Å². The van der Waals surface area contributed by atoms with Crippen LogP contribution < -0.4 is 5.32 Å². The molecule has 0 atom stereocenters. The summed E-state index contributed by atoms with van der Waals surface area (Å²) in [5.41, 5.74) is 1.68. The first-order valence-electron chi connectivity index (χ1n) is 7.11. The quantitative estimate of drug-likeness (QED) is 0.849. The molecule has 0 fully saturated rings. The summed E-state index contributed by atoms with van der Waals surface area (Å²) in [6.07, 6.45) is 1.95. The fourth-order valence-electron chi connectivity index (χ4n) is 2.26. The van der Waals surface area contributed by atoms with Gasteiger partial charge in [-0.15, -0.1) is 0 Å². The van der Waals surface area contributed by atoms with Crippen molar-refractivity contribution < 1.29 is 13.9 Å². The van der Waals surface area contributed by atoms with Gasteiger partial charge in [-0.25, -0.2) is 9.37 Å². The number of hydrogen-bond acceptors (Lipinski definition) is 3. The molecule has 1 heterocycles. The molecule has 1 aromatic heterocycles. The van der Waals surface area contributed by atoms with Crippen molar-refractivity contribution in [1.29, 1.82) is 0 Å². The van der Waals surface area contributed by atoms with Crippen LogP contribution in [0.25, 0.3) is 0 Å². The van der Waals surface area contributed by atoms with Crippen LogP contribution in [0.1, 0.15) is 17.1 Å².